The van der Waals surface area contributed by atoms with Gasteiger partial charge >= 0.3 is 0 Å². The minimum atomic E-state index is -0.0208. The fraction of sp³-hybridized carbons (Fsp3) is 0.522. The Labute approximate surface area is 193 Å². The van der Waals surface area contributed by atoms with Crippen LogP contribution in [0.2, 0.25) is 10.0 Å². The van der Waals surface area contributed by atoms with E-state index in [1.54, 1.807) is 23.0 Å². The summed E-state index contributed by atoms with van der Waals surface area (Å²) in [6.45, 7) is 6.50. The molecule has 2 aliphatic rings. The van der Waals surface area contributed by atoms with Crippen LogP contribution in [0.15, 0.2) is 24.4 Å². The van der Waals surface area contributed by atoms with E-state index >= 15 is 0 Å². The maximum Gasteiger partial charge on any atom is 0.257 e. The smallest absolute Gasteiger partial charge is 0.257 e. The molecule has 0 N–H and O–H groups in total. The van der Waals surface area contributed by atoms with E-state index in [0.29, 0.717) is 60.0 Å². The second-order valence-electron chi connectivity index (χ2n) is 8.83. The summed E-state index contributed by atoms with van der Waals surface area (Å²) >= 11 is 12.5. The van der Waals surface area contributed by atoms with Gasteiger partial charge < -0.3 is 9.80 Å². The van der Waals surface area contributed by atoms with Crippen LogP contribution in [0.25, 0.3) is 5.69 Å². The normalized spacial score (nSPS) is 16.8. The van der Waals surface area contributed by atoms with Crippen molar-refractivity contribution < 1.29 is 9.59 Å². The molecule has 4 rings (SSSR count). The highest BCUT2D eigenvalue weighted by molar-refractivity contribution is 6.35. The molecule has 0 spiro atoms. The van der Waals surface area contributed by atoms with Crippen molar-refractivity contribution in [2.75, 3.05) is 26.2 Å². The van der Waals surface area contributed by atoms with Crippen molar-refractivity contribution in [3.05, 3.63) is 45.7 Å². The summed E-state index contributed by atoms with van der Waals surface area (Å²) in [5.74, 6) is 0.989. The molecule has 1 saturated carbocycles. The molecule has 2 fully saturated rings. The average Bonchev–Trinajstić information content (AvgIpc) is 3.50. The van der Waals surface area contributed by atoms with Gasteiger partial charge in [-0.3, -0.25) is 9.59 Å². The number of benzene rings is 1. The van der Waals surface area contributed by atoms with Crippen molar-refractivity contribution >= 4 is 35.0 Å². The molecular weight excluding hydrogens is 435 g/mol. The first-order valence-corrected chi connectivity index (χ1v) is 11.7. The van der Waals surface area contributed by atoms with E-state index in [1.807, 2.05) is 15.9 Å². The number of aromatic nitrogens is 2. The van der Waals surface area contributed by atoms with Gasteiger partial charge in [-0.1, -0.05) is 37.0 Å². The van der Waals surface area contributed by atoms with Crippen LogP contribution in [0.1, 0.15) is 61.5 Å². The minimum Gasteiger partial charge on any atom is -0.339 e. The Morgan fingerprint density at radius 1 is 1.10 bits per heavy atom. The molecule has 0 bridgehead atoms. The lowest BCUT2D eigenvalue weighted by atomic mass is 10.1. The third-order valence-corrected chi connectivity index (χ3v) is 6.53. The number of nitrogens with zero attached hydrogens (tertiary/aromatic N) is 4. The highest BCUT2D eigenvalue weighted by Crippen LogP contribution is 2.43. The summed E-state index contributed by atoms with van der Waals surface area (Å²) in [6.07, 6.45) is 5.20. The number of halogens is 2. The molecule has 1 aromatic carbocycles. The quantitative estimate of drug-likeness (QED) is 0.620. The maximum absolute atomic E-state index is 13.3. The monoisotopic (exact) mass is 462 g/mol. The third kappa shape index (κ3) is 4.90. The molecule has 31 heavy (non-hydrogen) atoms. The van der Waals surface area contributed by atoms with Crippen LogP contribution in [-0.4, -0.2) is 57.6 Å². The van der Waals surface area contributed by atoms with Gasteiger partial charge in [-0.25, -0.2) is 4.68 Å². The Kier molecular flexibility index (Phi) is 6.58. The number of carbonyl (C=O) groups excluding carboxylic acids is 2. The predicted octanol–water partition coefficient (Wildman–Crippen LogP) is 4.78. The average molecular weight is 463 g/mol. The SMILES string of the molecule is CC(C)CCC(=O)N1CCN(C(=O)c2cnn(-c3ccc(Cl)cc3Cl)c2C2CC2)CC1. The minimum absolute atomic E-state index is 0.0208. The summed E-state index contributed by atoms with van der Waals surface area (Å²) in [7, 11) is 0. The highest BCUT2D eigenvalue weighted by Gasteiger charge is 2.35. The number of carbonyl (C=O) groups is 2. The molecule has 2 heterocycles. The van der Waals surface area contributed by atoms with Crippen molar-refractivity contribution in [1.82, 2.24) is 19.6 Å². The van der Waals surface area contributed by atoms with Crippen molar-refractivity contribution in [2.24, 2.45) is 5.92 Å². The van der Waals surface area contributed by atoms with Gasteiger partial charge in [0.2, 0.25) is 5.91 Å². The fourth-order valence-corrected chi connectivity index (χ4v) is 4.51. The summed E-state index contributed by atoms with van der Waals surface area (Å²) in [5, 5.41) is 5.58. The van der Waals surface area contributed by atoms with Crippen molar-refractivity contribution in [1.29, 1.82) is 0 Å². The Hall–Kier alpha value is -2.05. The van der Waals surface area contributed by atoms with Crippen LogP contribution in [-0.2, 0) is 4.79 Å². The molecule has 2 amide bonds. The Morgan fingerprint density at radius 2 is 1.77 bits per heavy atom. The van der Waals surface area contributed by atoms with Crippen molar-refractivity contribution in [2.45, 2.75) is 45.4 Å². The fourth-order valence-electron chi connectivity index (χ4n) is 4.02. The van der Waals surface area contributed by atoms with Crippen LogP contribution < -0.4 is 0 Å². The van der Waals surface area contributed by atoms with E-state index in [2.05, 4.69) is 18.9 Å². The zero-order valence-corrected chi connectivity index (χ0v) is 19.5. The van der Waals surface area contributed by atoms with Crippen molar-refractivity contribution in [3.63, 3.8) is 0 Å². The molecule has 6 nitrogen and oxygen atoms in total. The lowest BCUT2D eigenvalue weighted by molar-refractivity contribution is -0.132. The molecule has 0 atom stereocenters. The molecule has 1 aromatic heterocycles. The zero-order chi connectivity index (χ0) is 22.1. The molecule has 2 aromatic rings. The molecule has 0 unspecified atom stereocenters. The van der Waals surface area contributed by atoms with Gasteiger partial charge in [0.15, 0.2) is 0 Å². The van der Waals surface area contributed by atoms with Gasteiger partial charge in [0.1, 0.15) is 0 Å². The number of piperazine rings is 1. The van der Waals surface area contributed by atoms with E-state index in [9.17, 15) is 9.59 Å². The topological polar surface area (TPSA) is 58.4 Å². The van der Waals surface area contributed by atoms with E-state index in [-0.39, 0.29) is 11.8 Å². The first kappa shape index (κ1) is 22.2. The Morgan fingerprint density at radius 3 is 2.39 bits per heavy atom. The highest BCUT2D eigenvalue weighted by atomic mass is 35.5. The Bertz CT molecular complexity index is 976. The number of rotatable bonds is 6. The molecular formula is C23H28Cl2N4O2. The Balaban J connectivity index is 1.49. The summed E-state index contributed by atoms with van der Waals surface area (Å²) < 4.78 is 1.79. The van der Waals surface area contributed by atoms with Gasteiger partial charge in [0, 0.05) is 43.5 Å². The van der Waals surface area contributed by atoms with Gasteiger partial charge in [0.05, 0.1) is 28.2 Å². The molecule has 8 heteroatoms. The van der Waals surface area contributed by atoms with Gasteiger partial charge in [-0.05, 0) is 43.4 Å². The number of amides is 2. The first-order valence-electron chi connectivity index (χ1n) is 11.0. The van der Waals surface area contributed by atoms with E-state index in [0.717, 1.165) is 30.6 Å². The lowest BCUT2D eigenvalue weighted by Crippen LogP contribution is -2.50. The summed E-state index contributed by atoms with van der Waals surface area (Å²) in [4.78, 5) is 29.5. The standard InChI is InChI=1S/C23H28Cl2N4O2/c1-15(2)3-8-21(30)27-9-11-28(12-10-27)23(31)18-14-26-29(22(18)16-4-5-16)20-7-6-17(24)13-19(20)25/h6-7,13-16H,3-5,8-12H2,1-2H3. The maximum atomic E-state index is 13.3. The summed E-state index contributed by atoms with van der Waals surface area (Å²) in [5.41, 5.74) is 2.28. The van der Waals surface area contributed by atoms with Crippen LogP contribution in [0.3, 0.4) is 0 Å². The second-order valence-corrected chi connectivity index (χ2v) is 9.67. The number of hydrogen-bond donors (Lipinski definition) is 0. The second kappa shape index (κ2) is 9.21. The van der Waals surface area contributed by atoms with Crippen LogP contribution >= 0.6 is 23.2 Å². The van der Waals surface area contributed by atoms with Crippen LogP contribution in [0.4, 0.5) is 0 Å². The lowest BCUT2D eigenvalue weighted by Gasteiger charge is -2.35. The molecule has 1 aliphatic carbocycles. The molecule has 1 saturated heterocycles. The first-order chi connectivity index (χ1) is 14.8. The third-order valence-electron chi connectivity index (χ3n) is 5.99. The summed E-state index contributed by atoms with van der Waals surface area (Å²) in [6, 6.07) is 5.30. The van der Waals surface area contributed by atoms with Crippen LogP contribution in [0.5, 0.6) is 0 Å². The van der Waals surface area contributed by atoms with Crippen LogP contribution in [0, 0.1) is 5.92 Å². The predicted molar refractivity (Wildman–Crippen MR) is 122 cm³/mol. The van der Waals surface area contributed by atoms with Gasteiger partial charge in [-0.15, -0.1) is 0 Å². The van der Waals surface area contributed by atoms with Gasteiger partial charge in [-0.2, -0.15) is 5.10 Å². The van der Waals surface area contributed by atoms with E-state index in [4.69, 9.17) is 23.2 Å². The largest absolute Gasteiger partial charge is 0.339 e. The van der Waals surface area contributed by atoms with E-state index in [1.165, 1.54) is 0 Å². The van der Waals surface area contributed by atoms with Crippen molar-refractivity contribution in [3.8, 4) is 5.69 Å². The molecule has 0 radical (unpaired) electrons. The van der Waals surface area contributed by atoms with Gasteiger partial charge in [0.25, 0.3) is 5.91 Å². The van der Waals surface area contributed by atoms with E-state index < -0.39 is 0 Å². The number of hydrogen-bond acceptors (Lipinski definition) is 3. The zero-order valence-electron chi connectivity index (χ0n) is 18.0. The molecule has 166 valence electrons. The molecule has 1 aliphatic heterocycles.